The molecule has 2 aromatic rings. The maximum absolute atomic E-state index is 12.0. The first-order chi connectivity index (χ1) is 9.60. The highest BCUT2D eigenvalue weighted by atomic mass is 79.9. The Morgan fingerprint density at radius 3 is 2.80 bits per heavy atom. The lowest BCUT2D eigenvalue weighted by Crippen LogP contribution is -2.22. The normalized spacial score (nSPS) is 9.80. The van der Waals surface area contributed by atoms with Gasteiger partial charge >= 0.3 is 0 Å². The van der Waals surface area contributed by atoms with E-state index in [4.69, 9.17) is 5.26 Å². The van der Waals surface area contributed by atoms with Crippen LogP contribution in [0.2, 0.25) is 0 Å². The van der Waals surface area contributed by atoms with E-state index in [0.717, 1.165) is 5.56 Å². The highest BCUT2D eigenvalue weighted by Gasteiger charge is 2.10. The minimum atomic E-state index is -0.364. The minimum absolute atomic E-state index is 0.0809. The number of aromatic hydroxyl groups is 1. The number of phenols is 1. The first kappa shape index (κ1) is 14.1. The molecular formula is C15H11BrN2O2. The van der Waals surface area contributed by atoms with Crippen molar-refractivity contribution in [3.05, 3.63) is 63.6 Å². The summed E-state index contributed by atoms with van der Waals surface area (Å²) in [6.45, 7) is 0.295. The van der Waals surface area contributed by atoms with Crippen LogP contribution in [0.5, 0.6) is 5.75 Å². The molecule has 0 spiro atoms. The molecule has 0 heterocycles. The highest BCUT2D eigenvalue weighted by molar-refractivity contribution is 9.10. The van der Waals surface area contributed by atoms with E-state index < -0.39 is 0 Å². The molecule has 5 heteroatoms. The van der Waals surface area contributed by atoms with Crippen LogP contribution in [-0.2, 0) is 6.54 Å². The van der Waals surface area contributed by atoms with E-state index in [1.165, 1.54) is 6.07 Å². The van der Waals surface area contributed by atoms with Crippen LogP contribution < -0.4 is 5.32 Å². The molecule has 0 saturated carbocycles. The van der Waals surface area contributed by atoms with Gasteiger partial charge in [0.2, 0.25) is 0 Å². The zero-order valence-electron chi connectivity index (χ0n) is 10.4. The maximum atomic E-state index is 12.0. The summed E-state index contributed by atoms with van der Waals surface area (Å²) in [6.07, 6.45) is 0. The Morgan fingerprint density at radius 2 is 2.10 bits per heavy atom. The fourth-order valence-electron chi connectivity index (χ4n) is 1.73. The number of hydrogen-bond acceptors (Lipinski definition) is 3. The third-order valence-electron chi connectivity index (χ3n) is 2.71. The first-order valence-corrected chi connectivity index (χ1v) is 6.65. The quantitative estimate of drug-likeness (QED) is 0.908. The van der Waals surface area contributed by atoms with Crippen molar-refractivity contribution in [2.75, 3.05) is 0 Å². The van der Waals surface area contributed by atoms with E-state index in [2.05, 4.69) is 21.2 Å². The number of amides is 1. The number of phenolic OH excluding ortho intramolecular Hbond substituents is 1. The topological polar surface area (TPSA) is 73.1 Å². The zero-order valence-corrected chi connectivity index (χ0v) is 12.0. The summed E-state index contributed by atoms with van der Waals surface area (Å²) in [5.74, 6) is -0.444. The third kappa shape index (κ3) is 3.37. The first-order valence-electron chi connectivity index (χ1n) is 5.86. The van der Waals surface area contributed by atoms with Gasteiger partial charge in [0.05, 0.1) is 17.2 Å². The summed E-state index contributed by atoms with van der Waals surface area (Å²) < 4.78 is 0.702. The predicted octanol–water partition coefficient (Wildman–Crippen LogP) is 2.96. The lowest BCUT2D eigenvalue weighted by atomic mass is 10.1. The second-order valence-corrected chi connectivity index (χ2v) is 5.07. The van der Waals surface area contributed by atoms with Gasteiger partial charge in [-0.05, 0) is 35.9 Å². The lowest BCUT2D eigenvalue weighted by Gasteiger charge is -2.07. The van der Waals surface area contributed by atoms with Crippen molar-refractivity contribution in [2.45, 2.75) is 6.54 Å². The monoisotopic (exact) mass is 330 g/mol. The molecule has 0 saturated heterocycles. The van der Waals surface area contributed by atoms with Gasteiger partial charge in [-0.25, -0.2) is 0 Å². The van der Waals surface area contributed by atoms with Crippen LogP contribution in [-0.4, -0.2) is 11.0 Å². The number of carbonyl (C=O) groups is 1. The Bertz CT molecular complexity index is 693. The fraction of sp³-hybridized carbons (Fsp3) is 0.0667. The van der Waals surface area contributed by atoms with Crippen molar-refractivity contribution in [1.82, 2.24) is 5.32 Å². The number of carbonyl (C=O) groups excluding carboxylic acids is 1. The lowest BCUT2D eigenvalue weighted by molar-refractivity contribution is 0.0948. The summed E-state index contributed by atoms with van der Waals surface area (Å²) in [6, 6.07) is 13.7. The Labute approximate surface area is 124 Å². The van der Waals surface area contributed by atoms with Crippen LogP contribution in [0.15, 0.2) is 46.9 Å². The summed E-state index contributed by atoms with van der Waals surface area (Å²) >= 11 is 3.21. The van der Waals surface area contributed by atoms with Gasteiger partial charge in [0.25, 0.3) is 5.91 Å². The molecule has 4 nitrogen and oxygen atoms in total. The molecule has 2 N–H and O–H groups in total. The highest BCUT2D eigenvalue weighted by Crippen LogP contribution is 2.22. The summed E-state index contributed by atoms with van der Waals surface area (Å²) in [7, 11) is 0. The minimum Gasteiger partial charge on any atom is -0.507 e. The summed E-state index contributed by atoms with van der Waals surface area (Å²) in [5, 5.41) is 21.2. The van der Waals surface area contributed by atoms with Gasteiger partial charge in [-0.15, -0.1) is 0 Å². The Balaban J connectivity index is 2.07. The van der Waals surface area contributed by atoms with Gasteiger partial charge < -0.3 is 10.4 Å². The number of halogens is 1. The molecule has 2 rings (SSSR count). The number of benzene rings is 2. The molecule has 0 aliphatic rings. The zero-order chi connectivity index (χ0) is 14.5. The SMILES string of the molecule is N#Cc1cccc(CNC(=O)c2ccc(Br)cc2O)c1. The van der Waals surface area contributed by atoms with Gasteiger partial charge in [-0.1, -0.05) is 28.1 Å². The van der Waals surface area contributed by atoms with Crippen molar-refractivity contribution < 1.29 is 9.90 Å². The molecule has 0 aliphatic heterocycles. The summed E-state index contributed by atoms with van der Waals surface area (Å²) in [4.78, 5) is 12.0. The van der Waals surface area contributed by atoms with E-state index in [1.54, 1.807) is 30.3 Å². The summed E-state index contributed by atoms with van der Waals surface area (Å²) in [5.41, 5.74) is 1.59. The molecule has 20 heavy (non-hydrogen) atoms. The second-order valence-electron chi connectivity index (χ2n) is 4.16. The van der Waals surface area contributed by atoms with E-state index in [9.17, 15) is 9.90 Å². The molecule has 100 valence electrons. The van der Waals surface area contributed by atoms with Crippen LogP contribution in [0.1, 0.15) is 21.5 Å². The Kier molecular flexibility index (Phi) is 4.38. The van der Waals surface area contributed by atoms with E-state index in [-0.39, 0.29) is 17.2 Å². The molecule has 0 bridgehead atoms. The number of nitrogens with one attached hydrogen (secondary N) is 1. The predicted molar refractivity (Wildman–Crippen MR) is 78.1 cm³/mol. The molecule has 0 radical (unpaired) electrons. The molecule has 0 atom stereocenters. The number of nitriles is 1. The van der Waals surface area contributed by atoms with Gasteiger partial charge in [0, 0.05) is 11.0 Å². The van der Waals surface area contributed by atoms with Crippen LogP contribution in [0.3, 0.4) is 0 Å². The molecule has 0 aromatic heterocycles. The van der Waals surface area contributed by atoms with Crippen molar-refractivity contribution in [3.63, 3.8) is 0 Å². The van der Waals surface area contributed by atoms with E-state index in [1.807, 2.05) is 12.1 Å². The molecular weight excluding hydrogens is 320 g/mol. The van der Waals surface area contributed by atoms with Crippen LogP contribution in [0, 0.1) is 11.3 Å². The van der Waals surface area contributed by atoms with Crippen molar-refractivity contribution in [3.8, 4) is 11.8 Å². The van der Waals surface area contributed by atoms with Crippen molar-refractivity contribution in [1.29, 1.82) is 5.26 Å². The number of nitrogens with zero attached hydrogens (tertiary/aromatic N) is 1. The van der Waals surface area contributed by atoms with Crippen molar-refractivity contribution >= 4 is 21.8 Å². The molecule has 1 amide bonds. The van der Waals surface area contributed by atoms with E-state index in [0.29, 0.717) is 16.6 Å². The van der Waals surface area contributed by atoms with Crippen LogP contribution in [0.25, 0.3) is 0 Å². The smallest absolute Gasteiger partial charge is 0.255 e. The number of hydrogen-bond donors (Lipinski definition) is 2. The average Bonchev–Trinajstić information content (AvgIpc) is 2.45. The second kappa shape index (κ2) is 6.22. The Morgan fingerprint density at radius 1 is 1.30 bits per heavy atom. The van der Waals surface area contributed by atoms with Crippen LogP contribution >= 0.6 is 15.9 Å². The van der Waals surface area contributed by atoms with Gasteiger partial charge in [0.15, 0.2) is 0 Å². The number of rotatable bonds is 3. The van der Waals surface area contributed by atoms with Crippen LogP contribution in [0.4, 0.5) is 0 Å². The molecule has 0 aliphatic carbocycles. The third-order valence-corrected chi connectivity index (χ3v) is 3.21. The molecule has 0 fully saturated rings. The van der Waals surface area contributed by atoms with E-state index >= 15 is 0 Å². The van der Waals surface area contributed by atoms with Gasteiger partial charge in [0.1, 0.15) is 5.75 Å². The van der Waals surface area contributed by atoms with Crippen molar-refractivity contribution in [2.24, 2.45) is 0 Å². The van der Waals surface area contributed by atoms with Gasteiger partial charge in [-0.2, -0.15) is 5.26 Å². The molecule has 0 unspecified atom stereocenters. The Hall–Kier alpha value is -2.32. The largest absolute Gasteiger partial charge is 0.507 e. The maximum Gasteiger partial charge on any atom is 0.255 e. The average molecular weight is 331 g/mol. The van der Waals surface area contributed by atoms with Gasteiger partial charge in [-0.3, -0.25) is 4.79 Å². The fourth-order valence-corrected chi connectivity index (χ4v) is 2.07. The standard InChI is InChI=1S/C15H11BrN2O2/c16-12-4-5-13(14(19)7-12)15(20)18-9-11-3-1-2-10(6-11)8-17/h1-7,19H,9H2,(H,18,20). The molecule has 2 aromatic carbocycles.